The number of carbonyl (C=O) groups excluding carboxylic acids is 2. The van der Waals surface area contributed by atoms with E-state index < -0.39 is 0 Å². The summed E-state index contributed by atoms with van der Waals surface area (Å²) >= 11 is 0. The molecule has 0 radical (unpaired) electrons. The first-order valence-corrected chi connectivity index (χ1v) is 12.0. The number of piperidine rings is 1. The minimum Gasteiger partial charge on any atom is -0.483 e. The molecule has 0 saturated carbocycles. The summed E-state index contributed by atoms with van der Waals surface area (Å²) < 4.78 is 6.06. The van der Waals surface area contributed by atoms with E-state index in [1.807, 2.05) is 11.0 Å². The number of rotatable bonds is 5. The Labute approximate surface area is 193 Å². The number of primary amides is 1. The van der Waals surface area contributed by atoms with Crippen molar-refractivity contribution in [3.63, 3.8) is 0 Å². The van der Waals surface area contributed by atoms with E-state index in [-0.39, 0.29) is 35.3 Å². The van der Waals surface area contributed by atoms with Gasteiger partial charge in [-0.05, 0) is 60.3 Å². The molecule has 1 unspecified atom stereocenters. The molecule has 178 valence electrons. The van der Waals surface area contributed by atoms with Gasteiger partial charge >= 0.3 is 0 Å². The number of nitrogens with two attached hydrogens (primary N) is 1. The lowest BCUT2D eigenvalue weighted by molar-refractivity contribution is -0.135. The van der Waals surface area contributed by atoms with Gasteiger partial charge in [0.1, 0.15) is 5.75 Å². The van der Waals surface area contributed by atoms with Gasteiger partial charge in [0.2, 0.25) is 5.91 Å². The van der Waals surface area contributed by atoms with E-state index in [1.165, 1.54) is 5.56 Å². The fourth-order valence-corrected chi connectivity index (χ4v) is 4.92. The number of likely N-dealkylation sites (tertiary alicyclic amines) is 2. The molecule has 32 heavy (non-hydrogen) atoms. The van der Waals surface area contributed by atoms with Crippen molar-refractivity contribution < 1.29 is 14.3 Å². The van der Waals surface area contributed by atoms with E-state index in [0.717, 1.165) is 43.5 Å². The Hall–Kier alpha value is -2.08. The zero-order valence-electron chi connectivity index (χ0n) is 20.7. The van der Waals surface area contributed by atoms with Crippen molar-refractivity contribution >= 4 is 11.8 Å². The van der Waals surface area contributed by atoms with Crippen molar-refractivity contribution in [2.24, 2.45) is 5.73 Å². The number of amides is 2. The maximum atomic E-state index is 12.9. The third kappa shape index (κ3) is 5.64. The van der Waals surface area contributed by atoms with Gasteiger partial charge in [0.05, 0.1) is 6.04 Å². The summed E-state index contributed by atoms with van der Waals surface area (Å²) in [6.07, 6.45) is 3.63. The van der Waals surface area contributed by atoms with Gasteiger partial charge in [-0.3, -0.25) is 14.5 Å². The number of hydrogen-bond acceptors (Lipinski definition) is 4. The molecule has 2 aliphatic rings. The van der Waals surface area contributed by atoms with Crippen LogP contribution >= 0.6 is 0 Å². The summed E-state index contributed by atoms with van der Waals surface area (Å²) in [5, 5.41) is 0. The van der Waals surface area contributed by atoms with Crippen LogP contribution in [0.3, 0.4) is 0 Å². The molecule has 2 N–H and O–H groups in total. The number of ether oxygens (including phenoxy) is 1. The lowest BCUT2D eigenvalue weighted by Crippen LogP contribution is -2.51. The van der Waals surface area contributed by atoms with Crippen LogP contribution in [0.25, 0.3) is 0 Å². The van der Waals surface area contributed by atoms with E-state index in [1.54, 1.807) is 0 Å². The highest BCUT2D eigenvalue weighted by Gasteiger charge is 2.36. The Kier molecular flexibility index (Phi) is 7.23. The van der Waals surface area contributed by atoms with Crippen molar-refractivity contribution in [1.29, 1.82) is 0 Å². The second kappa shape index (κ2) is 9.42. The van der Waals surface area contributed by atoms with Gasteiger partial charge in [-0.15, -0.1) is 0 Å². The monoisotopic (exact) mass is 443 g/mol. The van der Waals surface area contributed by atoms with Gasteiger partial charge in [-0.1, -0.05) is 53.7 Å². The molecule has 1 aromatic rings. The minimum absolute atomic E-state index is 0.0241. The predicted octanol–water partition coefficient (Wildman–Crippen LogP) is 3.60. The average Bonchev–Trinajstić information content (AvgIpc) is 3.21. The van der Waals surface area contributed by atoms with Gasteiger partial charge in [-0.25, -0.2) is 0 Å². The van der Waals surface area contributed by atoms with Gasteiger partial charge in [0.15, 0.2) is 6.61 Å². The normalized spacial score (nSPS) is 21.1. The van der Waals surface area contributed by atoms with Gasteiger partial charge in [0.25, 0.3) is 5.91 Å². The summed E-state index contributed by atoms with van der Waals surface area (Å²) in [7, 11) is 0. The molecule has 6 nitrogen and oxygen atoms in total. The average molecular weight is 444 g/mol. The minimum atomic E-state index is -0.221. The number of benzene rings is 1. The molecule has 6 heteroatoms. The van der Waals surface area contributed by atoms with Crippen LogP contribution in [0, 0.1) is 0 Å². The molecule has 2 amide bonds. The Morgan fingerprint density at radius 2 is 1.66 bits per heavy atom. The SMILES string of the molecule is CC(C)(C)c1ccc(OCC(=O)N2CCC(N3CCCC3C(N)=O)CC2)c(C(C)(C)C)c1. The second-order valence-electron chi connectivity index (χ2n) is 11.4. The van der Waals surface area contributed by atoms with Gasteiger partial charge in [-0.2, -0.15) is 0 Å². The fraction of sp³-hybridized carbons (Fsp3) is 0.692. The van der Waals surface area contributed by atoms with E-state index in [4.69, 9.17) is 10.5 Å². The van der Waals surface area contributed by atoms with Crippen LogP contribution in [0.2, 0.25) is 0 Å². The molecule has 1 aromatic carbocycles. The van der Waals surface area contributed by atoms with Gasteiger partial charge < -0.3 is 15.4 Å². The Morgan fingerprint density at radius 1 is 1.00 bits per heavy atom. The maximum absolute atomic E-state index is 12.9. The molecular formula is C26H41N3O3. The quantitative estimate of drug-likeness (QED) is 0.754. The van der Waals surface area contributed by atoms with E-state index in [2.05, 4.69) is 58.6 Å². The van der Waals surface area contributed by atoms with Crippen molar-refractivity contribution in [2.75, 3.05) is 26.2 Å². The summed E-state index contributed by atoms with van der Waals surface area (Å²) in [6.45, 7) is 15.5. The molecule has 1 atom stereocenters. The van der Waals surface area contributed by atoms with Crippen LogP contribution in [0.15, 0.2) is 18.2 Å². The number of carbonyl (C=O) groups is 2. The molecule has 2 aliphatic heterocycles. The fourth-order valence-electron chi connectivity index (χ4n) is 4.92. The summed E-state index contributed by atoms with van der Waals surface area (Å²) in [6, 6.07) is 6.52. The zero-order valence-corrected chi connectivity index (χ0v) is 20.7. The topological polar surface area (TPSA) is 75.9 Å². The second-order valence-corrected chi connectivity index (χ2v) is 11.4. The molecule has 3 rings (SSSR count). The highest BCUT2D eigenvalue weighted by molar-refractivity contribution is 5.80. The van der Waals surface area contributed by atoms with Crippen molar-refractivity contribution in [3.8, 4) is 5.75 Å². The molecule has 2 heterocycles. The van der Waals surface area contributed by atoms with Crippen molar-refractivity contribution in [1.82, 2.24) is 9.80 Å². The molecule has 2 saturated heterocycles. The maximum Gasteiger partial charge on any atom is 0.260 e. The first kappa shape index (κ1) is 24.6. The highest BCUT2D eigenvalue weighted by Crippen LogP contribution is 2.35. The first-order valence-electron chi connectivity index (χ1n) is 12.0. The van der Waals surface area contributed by atoms with E-state index in [9.17, 15) is 9.59 Å². The predicted molar refractivity (Wildman–Crippen MR) is 128 cm³/mol. The first-order chi connectivity index (χ1) is 14.9. The molecule has 2 fully saturated rings. The summed E-state index contributed by atoms with van der Waals surface area (Å²) in [4.78, 5) is 28.7. The molecular weight excluding hydrogens is 402 g/mol. The third-order valence-electron chi connectivity index (χ3n) is 6.91. The Balaban J connectivity index is 1.59. The summed E-state index contributed by atoms with van der Waals surface area (Å²) in [5.74, 6) is 0.590. The number of hydrogen-bond donors (Lipinski definition) is 1. The standard InChI is InChI=1S/C26H41N3O3/c1-25(2,3)18-9-10-22(20(16-18)26(4,5)6)32-17-23(30)28-14-11-19(12-15-28)29-13-7-8-21(29)24(27)31/h9-10,16,19,21H,7-8,11-15,17H2,1-6H3,(H2,27,31). The van der Waals surface area contributed by atoms with Crippen LogP contribution in [0.1, 0.15) is 78.4 Å². The molecule has 0 spiro atoms. The highest BCUT2D eigenvalue weighted by atomic mass is 16.5. The van der Waals surface area contributed by atoms with Crippen molar-refractivity contribution in [3.05, 3.63) is 29.3 Å². The van der Waals surface area contributed by atoms with Crippen molar-refractivity contribution in [2.45, 2.75) is 90.1 Å². The molecule has 0 aliphatic carbocycles. The lowest BCUT2D eigenvalue weighted by Gasteiger charge is -2.38. The van der Waals surface area contributed by atoms with E-state index in [0.29, 0.717) is 19.1 Å². The largest absolute Gasteiger partial charge is 0.483 e. The van der Waals surface area contributed by atoms with E-state index >= 15 is 0 Å². The molecule has 0 bridgehead atoms. The molecule has 0 aromatic heterocycles. The van der Waals surface area contributed by atoms with Gasteiger partial charge in [0, 0.05) is 19.1 Å². The smallest absolute Gasteiger partial charge is 0.260 e. The lowest BCUT2D eigenvalue weighted by atomic mass is 9.80. The van der Waals surface area contributed by atoms with Crippen LogP contribution in [-0.4, -0.2) is 59.9 Å². The Morgan fingerprint density at radius 3 is 2.22 bits per heavy atom. The zero-order chi connectivity index (χ0) is 23.7. The Bertz CT molecular complexity index is 830. The van der Waals surface area contributed by atoms with Crippen LogP contribution in [-0.2, 0) is 20.4 Å². The van der Waals surface area contributed by atoms with Crippen LogP contribution in [0.4, 0.5) is 0 Å². The third-order valence-corrected chi connectivity index (χ3v) is 6.91. The summed E-state index contributed by atoms with van der Waals surface area (Å²) in [5.41, 5.74) is 7.95. The number of nitrogens with zero attached hydrogens (tertiary/aromatic N) is 2. The van der Waals surface area contributed by atoms with Crippen LogP contribution < -0.4 is 10.5 Å². The van der Waals surface area contributed by atoms with Crippen LogP contribution in [0.5, 0.6) is 5.75 Å².